The van der Waals surface area contributed by atoms with Crippen LogP contribution in [0.2, 0.25) is 0 Å². The van der Waals surface area contributed by atoms with E-state index in [4.69, 9.17) is 4.74 Å². The van der Waals surface area contributed by atoms with Crippen LogP contribution in [0.1, 0.15) is 37.6 Å². The Hall–Kier alpha value is -1.17. The molecule has 0 bridgehead atoms. The molecule has 1 saturated heterocycles. The molecule has 1 fully saturated rings. The number of thiophene rings is 1. The van der Waals surface area contributed by atoms with Gasteiger partial charge in [0.1, 0.15) is 0 Å². The van der Waals surface area contributed by atoms with Gasteiger partial charge >= 0.3 is 0 Å². The van der Waals surface area contributed by atoms with Crippen molar-refractivity contribution in [3.63, 3.8) is 0 Å². The first-order valence-corrected chi connectivity index (χ1v) is 9.24. The van der Waals surface area contributed by atoms with Gasteiger partial charge in [0.05, 0.1) is 19.3 Å². The number of allylic oxidation sites excluding steroid dienone is 2. The maximum atomic E-state index is 11.9. The summed E-state index contributed by atoms with van der Waals surface area (Å²) in [5, 5.41) is 5.69. The average molecular weight is 334 g/mol. The Kier molecular flexibility index (Phi) is 5.19. The molecule has 1 aliphatic carbocycles. The fourth-order valence-electron chi connectivity index (χ4n) is 3.47. The maximum Gasteiger partial charge on any atom is 0.157 e. The SMILES string of the molecule is CC1(C)CC(=O)C=C(NCC(c2cccs2)N2CCOCC2)C1. The Balaban J connectivity index is 1.68. The molecule has 1 aliphatic heterocycles. The van der Waals surface area contributed by atoms with Crippen LogP contribution < -0.4 is 5.32 Å². The van der Waals surface area contributed by atoms with Crippen LogP contribution in [-0.4, -0.2) is 43.5 Å². The highest BCUT2D eigenvalue weighted by molar-refractivity contribution is 7.10. The molecule has 0 amide bonds. The zero-order valence-electron chi connectivity index (χ0n) is 14.0. The van der Waals surface area contributed by atoms with Gasteiger partial charge in [-0.05, 0) is 23.3 Å². The van der Waals surface area contributed by atoms with Crippen molar-refractivity contribution in [1.82, 2.24) is 10.2 Å². The molecule has 5 heteroatoms. The number of carbonyl (C=O) groups excluding carboxylic acids is 1. The molecule has 0 radical (unpaired) electrons. The number of nitrogens with zero attached hydrogens (tertiary/aromatic N) is 1. The van der Waals surface area contributed by atoms with E-state index in [0.29, 0.717) is 12.5 Å². The molecule has 1 aromatic rings. The first-order chi connectivity index (χ1) is 11.0. The number of ketones is 1. The smallest absolute Gasteiger partial charge is 0.157 e. The zero-order valence-corrected chi connectivity index (χ0v) is 14.8. The molecule has 0 aromatic carbocycles. The molecule has 0 spiro atoms. The Morgan fingerprint density at radius 3 is 2.78 bits per heavy atom. The number of rotatable bonds is 5. The van der Waals surface area contributed by atoms with Gasteiger partial charge in [0.2, 0.25) is 0 Å². The van der Waals surface area contributed by atoms with Gasteiger partial charge < -0.3 is 10.1 Å². The lowest BCUT2D eigenvalue weighted by molar-refractivity contribution is -0.117. The van der Waals surface area contributed by atoms with Gasteiger partial charge in [-0.3, -0.25) is 9.69 Å². The minimum atomic E-state index is 0.0611. The molecule has 0 saturated carbocycles. The highest BCUT2D eigenvalue weighted by Crippen LogP contribution is 2.33. The summed E-state index contributed by atoms with van der Waals surface area (Å²) in [7, 11) is 0. The van der Waals surface area contributed by atoms with E-state index in [1.165, 1.54) is 4.88 Å². The second kappa shape index (κ2) is 7.16. The van der Waals surface area contributed by atoms with Gasteiger partial charge in [-0.25, -0.2) is 0 Å². The van der Waals surface area contributed by atoms with Gasteiger partial charge in [-0.1, -0.05) is 19.9 Å². The zero-order chi connectivity index (χ0) is 16.3. The summed E-state index contributed by atoms with van der Waals surface area (Å²) < 4.78 is 5.49. The first kappa shape index (κ1) is 16.7. The van der Waals surface area contributed by atoms with E-state index in [-0.39, 0.29) is 11.2 Å². The Morgan fingerprint density at radius 1 is 1.35 bits per heavy atom. The van der Waals surface area contributed by atoms with Crippen LogP contribution in [0.4, 0.5) is 0 Å². The standard InChI is InChI=1S/C18H26N2O2S/c1-18(2)11-14(10-15(21)12-18)19-13-16(17-4-3-9-23-17)20-5-7-22-8-6-20/h3-4,9-10,16,19H,5-8,11-13H2,1-2H3. The van der Waals surface area contributed by atoms with Crippen LogP contribution in [0, 0.1) is 5.41 Å². The molecular weight excluding hydrogens is 308 g/mol. The minimum Gasteiger partial charge on any atom is -0.386 e. The van der Waals surface area contributed by atoms with Crippen molar-refractivity contribution in [3.8, 4) is 0 Å². The minimum absolute atomic E-state index is 0.0611. The molecule has 4 nitrogen and oxygen atoms in total. The van der Waals surface area contributed by atoms with E-state index in [2.05, 4.69) is 41.6 Å². The fraction of sp³-hybridized carbons (Fsp3) is 0.611. The fourth-order valence-corrected chi connectivity index (χ4v) is 4.33. The average Bonchev–Trinajstić information content (AvgIpc) is 3.00. The van der Waals surface area contributed by atoms with Crippen LogP contribution in [0.15, 0.2) is 29.3 Å². The number of morpholine rings is 1. The van der Waals surface area contributed by atoms with Crippen molar-refractivity contribution in [2.24, 2.45) is 5.41 Å². The summed E-state index contributed by atoms with van der Waals surface area (Å²) in [6.07, 6.45) is 3.39. The highest BCUT2D eigenvalue weighted by Gasteiger charge is 2.29. The number of hydrogen-bond acceptors (Lipinski definition) is 5. The molecule has 3 rings (SSSR count). The van der Waals surface area contributed by atoms with Crippen LogP contribution in [-0.2, 0) is 9.53 Å². The quantitative estimate of drug-likeness (QED) is 0.899. The van der Waals surface area contributed by atoms with Gasteiger partial charge in [-0.15, -0.1) is 11.3 Å². The second-order valence-corrected chi connectivity index (χ2v) is 8.19. The summed E-state index contributed by atoms with van der Waals surface area (Å²) in [4.78, 5) is 15.8. The van der Waals surface area contributed by atoms with Crippen molar-refractivity contribution >= 4 is 17.1 Å². The molecule has 2 heterocycles. The van der Waals surface area contributed by atoms with E-state index in [1.54, 1.807) is 17.4 Å². The number of hydrogen-bond donors (Lipinski definition) is 1. The number of nitrogens with one attached hydrogen (secondary N) is 1. The number of carbonyl (C=O) groups is 1. The largest absolute Gasteiger partial charge is 0.386 e. The monoisotopic (exact) mass is 334 g/mol. The highest BCUT2D eigenvalue weighted by atomic mass is 32.1. The predicted molar refractivity (Wildman–Crippen MR) is 93.6 cm³/mol. The van der Waals surface area contributed by atoms with Gasteiger partial charge in [0.25, 0.3) is 0 Å². The van der Waals surface area contributed by atoms with Crippen LogP contribution >= 0.6 is 11.3 Å². The van der Waals surface area contributed by atoms with E-state index in [1.807, 2.05) is 0 Å². The normalized spacial score (nSPS) is 23.4. The molecular formula is C18H26N2O2S. The molecule has 126 valence electrons. The third-order valence-corrected chi connectivity index (χ3v) is 5.51. The lowest BCUT2D eigenvalue weighted by Crippen LogP contribution is -2.43. The molecule has 1 unspecified atom stereocenters. The summed E-state index contributed by atoms with van der Waals surface area (Å²) in [6.45, 7) is 8.71. The van der Waals surface area contributed by atoms with Crippen molar-refractivity contribution in [2.75, 3.05) is 32.8 Å². The topological polar surface area (TPSA) is 41.6 Å². The lowest BCUT2D eigenvalue weighted by atomic mass is 9.79. The van der Waals surface area contributed by atoms with Crippen LogP contribution in [0.3, 0.4) is 0 Å². The van der Waals surface area contributed by atoms with Gasteiger partial charge in [0.15, 0.2) is 5.78 Å². The summed E-state index contributed by atoms with van der Waals surface area (Å²) >= 11 is 1.80. The van der Waals surface area contributed by atoms with Crippen LogP contribution in [0.5, 0.6) is 0 Å². The molecule has 1 atom stereocenters. The Labute approximate surface area is 142 Å². The molecule has 23 heavy (non-hydrogen) atoms. The first-order valence-electron chi connectivity index (χ1n) is 8.36. The number of ether oxygens (including phenoxy) is 1. The van der Waals surface area contributed by atoms with E-state index in [9.17, 15) is 4.79 Å². The van der Waals surface area contributed by atoms with Crippen molar-refractivity contribution in [1.29, 1.82) is 0 Å². The third-order valence-electron chi connectivity index (χ3n) is 4.54. The molecule has 1 N–H and O–H groups in total. The Bertz CT molecular complexity index is 560. The van der Waals surface area contributed by atoms with E-state index >= 15 is 0 Å². The second-order valence-electron chi connectivity index (χ2n) is 7.21. The van der Waals surface area contributed by atoms with Gasteiger partial charge in [-0.2, -0.15) is 0 Å². The molecule has 2 aliphatic rings. The predicted octanol–water partition coefficient (Wildman–Crippen LogP) is 2.98. The van der Waals surface area contributed by atoms with Crippen LogP contribution in [0.25, 0.3) is 0 Å². The summed E-state index contributed by atoms with van der Waals surface area (Å²) in [6, 6.07) is 4.66. The lowest BCUT2D eigenvalue weighted by Gasteiger charge is -2.35. The maximum absolute atomic E-state index is 11.9. The Morgan fingerprint density at radius 2 is 2.13 bits per heavy atom. The summed E-state index contributed by atoms with van der Waals surface area (Å²) in [5.41, 5.74) is 1.15. The third kappa shape index (κ3) is 4.43. The van der Waals surface area contributed by atoms with Crippen molar-refractivity contribution in [3.05, 3.63) is 34.2 Å². The van der Waals surface area contributed by atoms with E-state index < -0.39 is 0 Å². The molecule has 1 aromatic heterocycles. The van der Waals surface area contributed by atoms with Crippen molar-refractivity contribution < 1.29 is 9.53 Å². The van der Waals surface area contributed by atoms with E-state index in [0.717, 1.165) is 45.0 Å². The van der Waals surface area contributed by atoms with Gasteiger partial charge in [0, 0.05) is 42.7 Å². The van der Waals surface area contributed by atoms with Crippen molar-refractivity contribution in [2.45, 2.75) is 32.7 Å². The summed E-state index contributed by atoms with van der Waals surface area (Å²) in [5.74, 6) is 0.239.